The first kappa shape index (κ1) is 8.52. The van der Waals surface area contributed by atoms with E-state index < -0.39 is 0 Å². The lowest BCUT2D eigenvalue weighted by Crippen LogP contribution is -2.51. The van der Waals surface area contributed by atoms with Gasteiger partial charge in [-0.3, -0.25) is 0 Å². The zero-order valence-corrected chi connectivity index (χ0v) is 8.29. The molecule has 1 heterocycles. The minimum Gasteiger partial charge on any atom is -0.245 e. The van der Waals surface area contributed by atoms with Crippen LogP contribution in [0.2, 0.25) is 0 Å². The van der Waals surface area contributed by atoms with Crippen molar-refractivity contribution in [2.24, 2.45) is 11.8 Å². The number of rotatable bonds is 0. The Labute approximate surface area is 75.5 Å². The topological polar surface area (TPSA) is 6.48 Å². The lowest BCUT2D eigenvalue weighted by Gasteiger charge is -2.45. The molecule has 1 saturated carbocycles. The minimum atomic E-state index is 1.000. The SMILES string of the molecule is CN1C[C@@H]2CCCC[C@H]2CN1C. The first-order valence-corrected chi connectivity index (χ1v) is 5.19. The Balaban J connectivity index is 1.98. The molecule has 12 heavy (non-hydrogen) atoms. The summed E-state index contributed by atoms with van der Waals surface area (Å²) in [5, 5.41) is 4.76. The van der Waals surface area contributed by atoms with E-state index in [1.165, 1.54) is 38.8 Å². The summed E-state index contributed by atoms with van der Waals surface area (Å²) in [6, 6.07) is 0. The van der Waals surface area contributed by atoms with E-state index in [0.29, 0.717) is 0 Å². The highest BCUT2D eigenvalue weighted by Gasteiger charge is 2.32. The highest BCUT2D eigenvalue weighted by molar-refractivity contribution is 4.81. The lowest BCUT2D eigenvalue weighted by molar-refractivity contribution is -0.0676. The van der Waals surface area contributed by atoms with Gasteiger partial charge in [-0.2, -0.15) is 0 Å². The summed E-state index contributed by atoms with van der Waals surface area (Å²) in [5.74, 6) is 2.00. The second-order valence-corrected chi connectivity index (χ2v) is 4.49. The van der Waals surface area contributed by atoms with Crippen LogP contribution in [0.5, 0.6) is 0 Å². The molecule has 2 rings (SSSR count). The van der Waals surface area contributed by atoms with E-state index in [-0.39, 0.29) is 0 Å². The molecule has 0 radical (unpaired) electrons. The first-order chi connectivity index (χ1) is 5.77. The number of hydrogen-bond acceptors (Lipinski definition) is 2. The highest BCUT2D eigenvalue weighted by Crippen LogP contribution is 2.33. The molecule has 0 aromatic carbocycles. The van der Waals surface area contributed by atoms with Crippen LogP contribution >= 0.6 is 0 Å². The molecule has 0 aromatic heterocycles. The van der Waals surface area contributed by atoms with Crippen molar-refractivity contribution in [2.45, 2.75) is 25.7 Å². The average Bonchev–Trinajstić information content (AvgIpc) is 2.07. The Morgan fingerprint density at radius 2 is 1.25 bits per heavy atom. The van der Waals surface area contributed by atoms with Crippen LogP contribution in [-0.4, -0.2) is 37.2 Å². The van der Waals surface area contributed by atoms with Crippen LogP contribution in [0.15, 0.2) is 0 Å². The summed E-state index contributed by atoms with van der Waals surface area (Å²) in [5.41, 5.74) is 0. The van der Waals surface area contributed by atoms with Gasteiger partial charge >= 0.3 is 0 Å². The monoisotopic (exact) mass is 168 g/mol. The zero-order valence-electron chi connectivity index (χ0n) is 8.29. The quantitative estimate of drug-likeness (QED) is 0.542. The van der Waals surface area contributed by atoms with Gasteiger partial charge in [0.05, 0.1) is 0 Å². The van der Waals surface area contributed by atoms with Crippen molar-refractivity contribution in [3.05, 3.63) is 0 Å². The van der Waals surface area contributed by atoms with Gasteiger partial charge in [0.1, 0.15) is 0 Å². The fraction of sp³-hybridized carbons (Fsp3) is 1.00. The lowest BCUT2D eigenvalue weighted by atomic mass is 9.78. The maximum absolute atomic E-state index is 2.38. The number of fused-ring (bicyclic) bond motifs is 1. The van der Waals surface area contributed by atoms with Gasteiger partial charge in [-0.05, 0) is 24.7 Å². The fourth-order valence-corrected chi connectivity index (χ4v) is 2.72. The molecule has 0 amide bonds. The predicted octanol–water partition coefficient (Wildman–Crippen LogP) is 1.58. The van der Waals surface area contributed by atoms with E-state index in [1.54, 1.807) is 0 Å². The molecule has 1 aliphatic carbocycles. The van der Waals surface area contributed by atoms with E-state index in [0.717, 1.165) is 11.8 Å². The summed E-state index contributed by atoms with van der Waals surface area (Å²) in [4.78, 5) is 0. The summed E-state index contributed by atoms with van der Waals surface area (Å²) in [6.45, 7) is 2.59. The van der Waals surface area contributed by atoms with E-state index in [1.807, 2.05) is 0 Å². The maximum Gasteiger partial charge on any atom is 0.0161 e. The molecule has 0 aromatic rings. The highest BCUT2D eigenvalue weighted by atomic mass is 15.6. The number of hydrogen-bond donors (Lipinski definition) is 0. The predicted molar refractivity (Wildman–Crippen MR) is 50.7 cm³/mol. The van der Waals surface area contributed by atoms with Crippen LogP contribution in [0.4, 0.5) is 0 Å². The molecule has 2 heteroatoms. The van der Waals surface area contributed by atoms with Gasteiger partial charge in [-0.25, -0.2) is 10.0 Å². The standard InChI is InChI=1S/C10H20N2/c1-11-7-9-5-3-4-6-10(9)8-12(11)2/h9-10H,3-8H2,1-2H3/t9-,10-/m0/s1. The Bertz CT molecular complexity index is 140. The zero-order chi connectivity index (χ0) is 8.55. The van der Waals surface area contributed by atoms with Crippen LogP contribution < -0.4 is 0 Å². The molecule has 70 valence electrons. The van der Waals surface area contributed by atoms with E-state index in [2.05, 4.69) is 24.1 Å². The third kappa shape index (κ3) is 1.50. The van der Waals surface area contributed by atoms with Crippen LogP contribution in [0.3, 0.4) is 0 Å². The Hall–Kier alpha value is -0.0800. The Morgan fingerprint density at radius 1 is 0.833 bits per heavy atom. The number of hydrazine groups is 1. The van der Waals surface area contributed by atoms with E-state index in [4.69, 9.17) is 0 Å². The largest absolute Gasteiger partial charge is 0.245 e. The molecule has 0 unspecified atom stereocenters. The van der Waals surface area contributed by atoms with Crippen LogP contribution in [0.1, 0.15) is 25.7 Å². The molecule has 2 fully saturated rings. The van der Waals surface area contributed by atoms with Crippen molar-refractivity contribution >= 4 is 0 Å². The van der Waals surface area contributed by atoms with Crippen molar-refractivity contribution < 1.29 is 0 Å². The second kappa shape index (κ2) is 3.35. The summed E-state index contributed by atoms with van der Waals surface area (Å²) in [7, 11) is 4.43. The molecule has 0 bridgehead atoms. The average molecular weight is 168 g/mol. The number of nitrogens with zero attached hydrogens (tertiary/aromatic N) is 2. The maximum atomic E-state index is 2.38. The van der Waals surface area contributed by atoms with Gasteiger partial charge in [-0.1, -0.05) is 12.8 Å². The molecule has 0 N–H and O–H groups in total. The summed E-state index contributed by atoms with van der Waals surface area (Å²) >= 11 is 0. The van der Waals surface area contributed by atoms with Crippen molar-refractivity contribution in [3.8, 4) is 0 Å². The summed E-state index contributed by atoms with van der Waals surface area (Å²) in [6.07, 6.45) is 5.89. The summed E-state index contributed by atoms with van der Waals surface area (Å²) < 4.78 is 0. The van der Waals surface area contributed by atoms with E-state index in [9.17, 15) is 0 Å². The molecule has 0 spiro atoms. The molecular formula is C10H20N2. The van der Waals surface area contributed by atoms with Gasteiger partial charge in [0.2, 0.25) is 0 Å². The molecule has 2 nitrogen and oxygen atoms in total. The van der Waals surface area contributed by atoms with Crippen molar-refractivity contribution in [2.75, 3.05) is 27.2 Å². The molecule has 2 aliphatic rings. The van der Waals surface area contributed by atoms with Crippen LogP contribution in [-0.2, 0) is 0 Å². The minimum absolute atomic E-state index is 1.000. The molecule has 1 aliphatic heterocycles. The third-order valence-electron chi connectivity index (χ3n) is 3.65. The van der Waals surface area contributed by atoms with Gasteiger partial charge in [-0.15, -0.1) is 0 Å². The van der Waals surface area contributed by atoms with Crippen molar-refractivity contribution in [3.63, 3.8) is 0 Å². The van der Waals surface area contributed by atoms with Crippen molar-refractivity contribution in [1.29, 1.82) is 0 Å². The van der Waals surface area contributed by atoms with Gasteiger partial charge in [0.15, 0.2) is 0 Å². The van der Waals surface area contributed by atoms with Crippen molar-refractivity contribution in [1.82, 2.24) is 10.0 Å². The van der Waals surface area contributed by atoms with Crippen LogP contribution in [0.25, 0.3) is 0 Å². The Kier molecular flexibility index (Phi) is 2.37. The second-order valence-electron chi connectivity index (χ2n) is 4.49. The smallest absolute Gasteiger partial charge is 0.0161 e. The Morgan fingerprint density at radius 3 is 1.67 bits per heavy atom. The van der Waals surface area contributed by atoms with Gasteiger partial charge < -0.3 is 0 Å². The van der Waals surface area contributed by atoms with Crippen LogP contribution in [0, 0.1) is 11.8 Å². The molecule has 1 saturated heterocycles. The van der Waals surface area contributed by atoms with E-state index >= 15 is 0 Å². The fourth-order valence-electron chi connectivity index (χ4n) is 2.72. The normalized spacial score (nSPS) is 39.5. The first-order valence-electron chi connectivity index (χ1n) is 5.19. The van der Waals surface area contributed by atoms with Gasteiger partial charge in [0.25, 0.3) is 0 Å². The molecule has 2 atom stereocenters. The van der Waals surface area contributed by atoms with Gasteiger partial charge in [0, 0.05) is 27.2 Å². The third-order valence-corrected chi connectivity index (χ3v) is 3.65. The molecular weight excluding hydrogens is 148 g/mol.